The molecule has 0 saturated carbocycles. The Hall–Kier alpha value is -1.39. The monoisotopic (exact) mass is 447 g/mol. The quantitative estimate of drug-likeness (QED) is 0.395. The van der Waals surface area contributed by atoms with Crippen molar-refractivity contribution in [3.63, 3.8) is 0 Å². The molecule has 4 heteroatoms. The van der Waals surface area contributed by atoms with Crippen LogP contribution in [0.1, 0.15) is 69.9 Å². The molecule has 1 amide bonds. The van der Waals surface area contributed by atoms with Gasteiger partial charge in [-0.15, -0.1) is 0 Å². The van der Waals surface area contributed by atoms with Gasteiger partial charge in [-0.1, -0.05) is 79.2 Å². The summed E-state index contributed by atoms with van der Waals surface area (Å²) in [7, 11) is 0. The molecule has 1 unspecified atom stereocenters. The van der Waals surface area contributed by atoms with E-state index in [1.807, 2.05) is 0 Å². The number of benzene rings is 2. The highest BCUT2D eigenvalue weighted by Crippen LogP contribution is 2.32. The highest BCUT2D eigenvalue weighted by molar-refractivity contribution is 9.10. The van der Waals surface area contributed by atoms with E-state index < -0.39 is 0 Å². The second-order valence-corrected chi connectivity index (χ2v) is 8.53. The summed E-state index contributed by atoms with van der Waals surface area (Å²) in [5.41, 5.74) is 2.66. The van der Waals surface area contributed by atoms with Crippen LogP contribution in [0.5, 0.6) is 0 Å². The predicted octanol–water partition coefficient (Wildman–Crippen LogP) is 5.93. The van der Waals surface area contributed by atoms with Crippen molar-refractivity contribution in [3.8, 4) is 0 Å². The third kappa shape index (κ3) is 6.89. The van der Waals surface area contributed by atoms with Gasteiger partial charge in [-0.05, 0) is 53.6 Å². The fourth-order valence-electron chi connectivity index (χ4n) is 3.84. The lowest BCUT2D eigenvalue weighted by Crippen LogP contribution is -2.36. The largest absolute Gasteiger partial charge is 0.394 e. The SMILES string of the molecule is CCCCCCCCc1c(Br)cc(CCC(CO)NC(C)=O)c2ccccc12. The van der Waals surface area contributed by atoms with Crippen molar-refractivity contribution in [2.24, 2.45) is 0 Å². The lowest BCUT2D eigenvalue weighted by atomic mass is 9.93. The number of halogens is 1. The lowest BCUT2D eigenvalue weighted by molar-refractivity contribution is -0.120. The van der Waals surface area contributed by atoms with Gasteiger partial charge in [0.05, 0.1) is 12.6 Å². The number of unbranched alkanes of at least 4 members (excludes halogenated alkanes) is 5. The summed E-state index contributed by atoms with van der Waals surface area (Å²) in [5, 5.41) is 14.9. The molecule has 1 atom stereocenters. The minimum Gasteiger partial charge on any atom is -0.394 e. The van der Waals surface area contributed by atoms with Crippen LogP contribution in [-0.2, 0) is 17.6 Å². The molecule has 154 valence electrons. The molecule has 28 heavy (non-hydrogen) atoms. The summed E-state index contributed by atoms with van der Waals surface area (Å²) in [6.07, 6.45) is 10.5. The van der Waals surface area contributed by atoms with Gasteiger partial charge in [0.25, 0.3) is 0 Å². The average molecular weight is 448 g/mol. The maximum atomic E-state index is 11.3. The van der Waals surface area contributed by atoms with Gasteiger partial charge in [0.2, 0.25) is 5.91 Å². The van der Waals surface area contributed by atoms with Crippen molar-refractivity contribution in [1.82, 2.24) is 5.32 Å². The molecular formula is C24H34BrNO2. The van der Waals surface area contributed by atoms with Crippen molar-refractivity contribution in [2.75, 3.05) is 6.61 Å². The number of aliphatic hydroxyl groups excluding tert-OH is 1. The lowest BCUT2D eigenvalue weighted by Gasteiger charge is -2.17. The Labute approximate surface area is 178 Å². The van der Waals surface area contributed by atoms with Crippen molar-refractivity contribution in [2.45, 2.75) is 77.7 Å². The van der Waals surface area contributed by atoms with Crippen LogP contribution in [0.25, 0.3) is 10.8 Å². The van der Waals surface area contributed by atoms with Crippen LogP contribution in [0.15, 0.2) is 34.8 Å². The fraction of sp³-hybridized carbons (Fsp3) is 0.542. The number of carbonyl (C=O) groups excluding carboxylic acids is 1. The molecule has 2 aromatic carbocycles. The first kappa shape index (κ1) is 22.9. The van der Waals surface area contributed by atoms with E-state index in [-0.39, 0.29) is 18.6 Å². The molecular weight excluding hydrogens is 414 g/mol. The second-order valence-electron chi connectivity index (χ2n) is 7.68. The fourth-order valence-corrected chi connectivity index (χ4v) is 4.53. The molecule has 3 nitrogen and oxygen atoms in total. The molecule has 0 aliphatic heterocycles. The Bertz CT molecular complexity index is 760. The Morgan fingerprint density at radius 2 is 1.75 bits per heavy atom. The molecule has 0 bridgehead atoms. The van der Waals surface area contributed by atoms with Crippen LogP contribution in [0.4, 0.5) is 0 Å². The third-order valence-corrected chi connectivity index (χ3v) is 6.07. The summed E-state index contributed by atoms with van der Waals surface area (Å²) in [5.74, 6) is -0.0978. The van der Waals surface area contributed by atoms with Crippen LogP contribution in [0.2, 0.25) is 0 Å². The molecule has 2 rings (SSSR count). The van der Waals surface area contributed by atoms with Gasteiger partial charge in [0, 0.05) is 11.4 Å². The number of fused-ring (bicyclic) bond motifs is 1. The standard InChI is InChI=1S/C24H34BrNO2/c1-3-4-5-6-7-8-13-23-22-12-10-9-11-21(22)19(16-24(23)25)14-15-20(17-27)26-18(2)28/h9-12,16,20,27H,3-8,13-15,17H2,1-2H3,(H,26,28). The van der Waals surface area contributed by atoms with Crippen LogP contribution in [-0.4, -0.2) is 23.7 Å². The van der Waals surface area contributed by atoms with Gasteiger partial charge >= 0.3 is 0 Å². The average Bonchev–Trinajstić information content (AvgIpc) is 2.69. The number of aliphatic hydroxyl groups is 1. The number of amides is 1. The topological polar surface area (TPSA) is 49.3 Å². The first-order chi connectivity index (χ1) is 13.6. The molecule has 2 N–H and O–H groups in total. The highest BCUT2D eigenvalue weighted by atomic mass is 79.9. The van der Waals surface area contributed by atoms with E-state index in [9.17, 15) is 9.90 Å². The molecule has 0 aromatic heterocycles. The zero-order chi connectivity index (χ0) is 20.4. The Kier molecular flexibility index (Phi) is 10.0. The van der Waals surface area contributed by atoms with E-state index >= 15 is 0 Å². The zero-order valence-electron chi connectivity index (χ0n) is 17.3. The first-order valence-corrected chi connectivity index (χ1v) is 11.4. The first-order valence-electron chi connectivity index (χ1n) is 10.6. The number of aryl methyl sites for hydroxylation is 2. The number of hydrogen-bond acceptors (Lipinski definition) is 2. The van der Waals surface area contributed by atoms with E-state index in [0.717, 1.165) is 19.3 Å². The normalized spacial score (nSPS) is 12.3. The number of rotatable bonds is 12. The van der Waals surface area contributed by atoms with Gasteiger partial charge in [0.15, 0.2) is 0 Å². The van der Waals surface area contributed by atoms with E-state index in [0.29, 0.717) is 0 Å². The summed E-state index contributed by atoms with van der Waals surface area (Å²) >= 11 is 3.81. The molecule has 0 fully saturated rings. The molecule has 0 heterocycles. The molecule has 0 radical (unpaired) electrons. The zero-order valence-corrected chi connectivity index (χ0v) is 18.9. The third-order valence-electron chi connectivity index (χ3n) is 5.36. The Morgan fingerprint density at radius 1 is 1.07 bits per heavy atom. The predicted molar refractivity (Wildman–Crippen MR) is 122 cm³/mol. The Balaban J connectivity index is 2.11. The summed E-state index contributed by atoms with van der Waals surface area (Å²) in [6, 6.07) is 10.6. The van der Waals surface area contributed by atoms with Crippen molar-refractivity contribution >= 4 is 32.6 Å². The number of hydrogen-bond donors (Lipinski definition) is 2. The van der Waals surface area contributed by atoms with Crippen LogP contribution in [0.3, 0.4) is 0 Å². The van der Waals surface area contributed by atoms with Gasteiger partial charge in [-0.2, -0.15) is 0 Å². The summed E-state index contributed by atoms with van der Waals surface area (Å²) < 4.78 is 1.18. The van der Waals surface area contributed by atoms with Crippen LogP contribution < -0.4 is 5.32 Å². The minimum absolute atomic E-state index is 0.0329. The molecule has 0 aliphatic rings. The van der Waals surface area contributed by atoms with Gasteiger partial charge < -0.3 is 10.4 Å². The number of nitrogens with one attached hydrogen (secondary N) is 1. The van der Waals surface area contributed by atoms with Gasteiger partial charge in [0.1, 0.15) is 0 Å². The van der Waals surface area contributed by atoms with Crippen molar-refractivity contribution in [3.05, 3.63) is 45.9 Å². The smallest absolute Gasteiger partial charge is 0.217 e. The minimum atomic E-state index is -0.196. The van der Waals surface area contributed by atoms with Crippen LogP contribution >= 0.6 is 15.9 Å². The van der Waals surface area contributed by atoms with Gasteiger partial charge in [-0.25, -0.2) is 0 Å². The molecule has 0 aliphatic carbocycles. The highest BCUT2D eigenvalue weighted by Gasteiger charge is 2.13. The van der Waals surface area contributed by atoms with Crippen molar-refractivity contribution in [1.29, 1.82) is 0 Å². The van der Waals surface area contributed by atoms with E-state index in [1.54, 1.807) is 0 Å². The summed E-state index contributed by atoms with van der Waals surface area (Å²) in [6.45, 7) is 3.71. The summed E-state index contributed by atoms with van der Waals surface area (Å²) in [4.78, 5) is 11.3. The second kappa shape index (κ2) is 12.2. The maximum Gasteiger partial charge on any atom is 0.217 e. The Morgan fingerprint density at radius 3 is 2.43 bits per heavy atom. The van der Waals surface area contributed by atoms with E-state index in [4.69, 9.17) is 0 Å². The molecule has 2 aromatic rings. The van der Waals surface area contributed by atoms with Crippen molar-refractivity contribution < 1.29 is 9.90 Å². The van der Waals surface area contributed by atoms with E-state index in [1.165, 1.54) is 71.8 Å². The van der Waals surface area contributed by atoms with E-state index in [2.05, 4.69) is 58.5 Å². The molecule has 0 spiro atoms. The van der Waals surface area contributed by atoms with Crippen LogP contribution in [0, 0.1) is 0 Å². The number of carbonyl (C=O) groups is 1. The van der Waals surface area contributed by atoms with Gasteiger partial charge in [-0.3, -0.25) is 4.79 Å². The molecule has 0 saturated heterocycles. The maximum absolute atomic E-state index is 11.3.